The van der Waals surface area contributed by atoms with E-state index in [1.54, 1.807) is 6.92 Å². The molecule has 0 spiro atoms. The molecule has 0 aromatic heterocycles. The third-order valence-electron chi connectivity index (χ3n) is 0.678. The van der Waals surface area contributed by atoms with Gasteiger partial charge >= 0.3 is 0 Å². The summed E-state index contributed by atoms with van der Waals surface area (Å²) in [6.07, 6.45) is 0. The lowest BCUT2D eigenvalue weighted by Crippen LogP contribution is -2.12. The highest BCUT2D eigenvalue weighted by atomic mass is 16.3. The van der Waals surface area contributed by atoms with Crippen molar-refractivity contribution in [2.75, 3.05) is 6.73 Å². The molecule has 0 radical (unpaired) electrons. The smallest absolute Gasteiger partial charge is 0.136 e. The van der Waals surface area contributed by atoms with Gasteiger partial charge in [0.15, 0.2) is 0 Å². The van der Waals surface area contributed by atoms with Gasteiger partial charge in [-0.25, -0.2) is 4.99 Å². The van der Waals surface area contributed by atoms with Crippen LogP contribution in [-0.4, -0.2) is 17.7 Å². The molecule has 0 aromatic carbocycles. The molecule has 3 nitrogen and oxygen atoms in total. The minimum Gasteiger partial charge on any atom is -0.384 e. The highest BCUT2D eigenvalue weighted by molar-refractivity contribution is 5.95. The fourth-order valence-electron chi connectivity index (χ4n) is 0.211. The molecule has 0 saturated heterocycles. The predicted molar refractivity (Wildman–Crippen MR) is 33.5 cm³/mol. The van der Waals surface area contributed by atoms with Gasteiger partial charge in [0.05, 0.1) is 0 Å². The molecule has 0 aliphatic carbocycles. The van der Waals surface area contributed by atoms with Gasteiger partial charge in [0, 0.05) is 0 Å². The van der Waals surface area contributed by atoms with Crippen LogP contribution in [0.1, 0.15) is 6.92 Å². The zero-order chi connectivity index (χ0) is 6.57. The summed E-state index contributed by atoms with van der Waals surface area (Å²) in [6, 6.07) is 0. The quantitative estimate of drug-likeness (QED) is 0.388. The number of nitrogens with zero attached hydrogens (tertiary/aromatic N) is 1. The van der Waals surface area contributed by atoms with Crippen LogP contribution in [0.4, 0.5) is 0 Å². The molecule has 0 aliphatic rings. The van der Waals surface area contributed by atoms with Gasteiger partial charge in [0.25, 0.3) is 0 Å². The van der Waals surface area contributed by atoms with Crippen LogP contribution in [0.2, 0.25) is 0 Å². The van der Waals surface area contributed by atoms with Crippen LogP contribution in [0.5, 0.6) is 0 Å². The second-order valence-corrected chi connectivity index (χ2v) is 1.47. The monoisotopic (exact) mass is 114 g/mol. The third-order valence-corrected chi connectivity index (χ3v) is 0.678. The number of hydrogen-bond acceptors (Lipinski definition) is 2. The average molecular weight is 114 g/mol. The van der Waals surface area contributed by atoms with Crippen LogP contribution in [-0.2, 0) is 0 Å². The molecule has 0 rings (SSSR count). The van der Waals surface area contributed by atoms with Crippen molar-refractivity contribution in [3.8, 4) is 0 Å². The Balaban J connectivity index is 3.80. The number of hydrogen-bond donors (Lipinski definition) is 2. The van der Waals surface area contributed by atoms with Crippen molar-refractivity contribution in [2.24, 2.45) is 10.7 Å². The molecule has 0 atom stereocenters. The van der Waals surface area contributed by atoms with Crippen molar-refractivity contribution in [1.82, 2.24) is 0 Å². The van der Waals surface area contributed by atoms with Crippen LogP contribution >= 0.6 is 0 Å². The lowest BCUT2D eigenvalue weighted by atomic mass is 10.3. The first kappa shape index (κ1) is 7.17. The first-order valence-corrected chi connectivity index (χ1v) is 2.25. The van der Waals surface area contributed by atoms with E-state index in [4.69, 9.17) is 10.8 Å². The summed E-state index contributed by atoms with van der Waals surface area (Å²) in [5, 5.41) is 8.18. The summed E-state index contributed by atoms with van der Waals surface area (Å²) < 4.78 is 0. The van der Waals surface area contributed by atoms with Crippen LogP contribution in [0.25, 0.3) is 0 Å². The number of rotatable bonds is 2. The summed E-state index contributed by atoms with van der Waals surface area (Å²) >= 11 is 0. The van der Waals surface area contributed by atoms with E-state index in [-0.39, 0.29) is 6.73 Å². The van der Waals surface area contributed by atoms with Crippen molar-refractivity contribution < 1.29 is 5.11 Å². The molecule has 0 bridgehead atoms. The molecule has 0 aliphatic heterocycles. The second kappa shape index (κ2) is 3.21. The van der Waals surface area contributed by atoms with Gasteiger partial charge in [-0.3, -0.25) is 0 Å². The molecule has 46 valence electrons. The minimum atomic E-state index is -0.265. The number of aliphatic imine (C=N–C) groups is 1. The summed E-state index contributed by atoms with van der Waals surface area (Å²) in [5.41, 5.74) is 5.90. The molecule has 0 heterocycles. The Morgan fingerprint density at radius 2 is 2.38 bits per heavy atom. The molecule has 8 heavy (non-hydrogen) atoms. The van der Waals surface area contributed by atoms with E-state index in [9.17, 15) is 0 Å². The second-order valence-electron chi connectivity index (χ2n) is 1.47. The van der Waals surface area contributed by atoms with Gasteiger partial charge in [0.1, 0.15) is 12.6 Å². The highest BCUT2D eigenvalue weighted by Gasteiger charge is 1.86. The van der Waals surface area contributed by atoms with Gasteiger partial charge in [-0.1, -0.05) is 6.58 Å². The van der Waals surface area contributed by atoms with Crippen molar-refractivity contribution in [3.63, 3.8) is 0 Å². The number of amidine groups is 1. The fourth-order valence-corrected chi connectivity index (χ4v) is 0.211. The molecular formula is C5H10N2O. The van der Waals surface area contributed by atoms with Gasteiger partial charge in [0.2, 0.25) is 0 Å². The third kappa shape index (κ3) is 2.36. The predicted octanol–water partition coefficient (Wildman–Crippen LogP) is -0.131. The molecule has 0 amide bonds. The van der Waals surface area contributed by atoms with E-state index in [2.05, 4.69) is 11.6 Å². The molecule has 0 saturated carbocycles. The standard InChI is InChI=1S/C5H10N2O/c1-4(2)5(6)7-3-8/h8H,1,3H2,2H3,(H2,6,7). The molecule has 0 unspecified atom stereocenters. The Morgan fingerprint density at radius 1 is 1.88 bits per heavy atom. The van der Waals surface area contributed by atoms with Crippen molar-refractivity contribution >= 4 is 5.84 Å². The maximum Gasteiger partial charge on any atom is 0.136 e. The molecule has 0 aromatic rings. The maximum atomic E-state index is 8.18. The van der Waals surface area contributed by atoms with E-state index >= 15 is 0 Å². The first-order valence-electron chi connectivity index (χ1n) is 2.25. The summed E-state index contributed by atoms with van der Waals surface area (Å²) in [6.45, 7) is 4.97. The van der Waals surface area contributed by atoms with E-state index in [1.807, 2.05) is 0 Å². The molecular weight excluding hydrogens is 104 g/mol. The number of nitrogens with two attached hydrogens (primary N) is 1. The zero-order valence-electron chi connectivity index (χ0n) is 4.89. The Hall–Kier alpha value is -0.830. The zero-order valence-corrected chi connectivity index (χ0v) is 4.89. The van der Waals surface area contributed by atoms with Crippen molar-refractivity contribution in [3.05, 3.63) is 12.2 Å². The van der Waals surface area contributed by atoms with E-state index in [1.165, 1.54) is 0 Å². The van der Waals surface area contributed by atoms with Crippen molar-refractivity contribution in [1.29, 1.82) is 0 Å². The van der Waals surface area contributed by atoms with E-state index in [0.29, 0.717) is 11.4 Å². The van der Waals surface area contributed by atoms with Gasteiger partial charge in [-0.15, -0.1) is 0 Å². The van der Waals surface area contributed by atoms with E-state index in [0.717, 1.165) is 0 Å². The van der Waals surface area contributed by atoms with Gasteiger partial charge in [-0.05, 0) is 12.5 Å². The Kier molecular flexibility index (Phi) is 2.88. The fraction of sp³-hybridized carbons (Fsp3) is 0.400. The van der Waals surface area contributed by atoms with Crippen molar-refractivity contribution in [2.45, 2.75) is 6.92 Å². The maximum absolute atomic E-state index is 8.18. The summed E-state index contributed by atoms with van der Waals surface area (Å²) in [7, 11) is 0. The van der Waals surface area contributed by atoms with Crippen LogP contribution < -0.4 is 5.73 Å². The Morgan fingerprint density at radius 3 is 2.50 bits per heavy atom. The lowest BCUT2D eigenvalue weighted by molar-refractivity contribution is 0.309. The number of aliphatic hydroxyl groups is 1. The van der Waals surface area contributed by atoms with E-state index < -0.39 is 0 Å². The Labute approximate surface area is 48.5 Å². The summed E-state index contributed by atoms with van der Waals surface area (Å²) in [5.74, 6) is 0.313. The van der Waals surface area contributed by atoms with Crippen LogP contribution in [0.3, 0.4) is 0 Å². The largest absolute Gasteiger partial charge is 0.384 e. The Bertz CT molecular complexity index is 118. The van der Waals surface area contributed by atoms with Gasteiger partial charge in [-0.2, -0.15) is 0 Å². The molecule has 3 N–H and O–H groups in total. The SMILES string of the molecule is C=C(C)C(N)=NCO. The molecule has 3 heteroatoms. The summed E-state index contributed by atoms with van der Waals surface area (Å²) in [4.78, 5) is 3.47. The average Bonchev–Trinajstić information content (AvgIpc) is 1.67. The first-order chi connectivity index (χ1) is 3.68. The van der Waals surface area contributed by atoms with Crippen LogP contribution in [0, 0.1) is 0 Å². The topological polar surface area (TPSA) is 58.6 Å². The normalized spacial score (nSPS) is 11.5. The van der Waals surface area contributed by atoms with Crippen LogP contribution in [0.15, 0.2) is 17.1 Å². The minimum absolute atomic E-state index is 0.265. The molecule has 0 fully saturated rings. The van der Waals surface area contributed by atoms with Gasteiger partial charge < -0.3 is 10.8 Å². The highest BCUT2D eigenvalue weighted by Crippen LogP contribution is 1.84. The lowest BCUT2D eigenvalue weighted by Gasteiger charge is -1.93. The number of aliphatic hydroxyl groups excluding tert-OH is 1.